The molecule has 1 aromatic carbocycles. The van der Waals surface area contributed by atoms with Crippen LogP contribution in [0.25, 0.3) is 11.0 Å². The van der Waals surface area contributed by atoms with E-state index in [0.717, 1.165) is 36.0 Å². The Morgan fingerprint density at radius 3 is 2.63 bits per heavy atom. The van der Waals surface area contributed by atoms with Crippen LogP contribution in [0.15, 0.2) is 18.2 Å². The third-order valence-electron chi connectivity index (χ3n) is 3.48. The Balaban J connectivity index is 2.52. The summed E-state index contributed by atoms with van der Waals surface area (Å²) in [6.07, 6.45) is 3.08. The van der Waals surface area contributed by atoms with Crippen molar-refractivity contribution in [1.82, 2.24) is 9.55 Å². The van der Waals surface area contributed by atoms with Crippen molar-refractivity contribution in [3.8, 4) is 5.75 Å². The van der Waals surface area contributed by atoms with Gasteiger partial charge in [-0.15, -0.1) is 0 Å². The van der Waals surface area contributed by atoms with Crippen LogP contribution in [0.5, 0.6) is 5.75 Å². The number of benzene rings is 1. The first-order valence-electron chi connectivity index (χ1n) is 7.12. The number of rotatable bonds is 6. The molecule has 0 aliphatic rings. The Hall–Kier alpha value is -1.71. The van der Waals surface area contributed by atoms with E-state index in [4.69, 9.17) is 10.5 Å². The predicted octanol–water partition coefficient (Wildman–Crippen LogP) is 3.77. The average Bonchev–Trinajstić information content (AvgIpc) is 2.76. The molecule has 0 unspecified atom stereocenters. The van der Waals surface area contributed by atoms with E-state index >= 15 is 0 Å². The van der Waals surface area contributed by atoms with Crippen molar-refractivity contribution in [3.63, 3.8) is 0 Å². The zero-order chi connectivity index (χ0) is 13.8. The number of aromatic nitrogens is 2. The van der Waals surface area contributed by atoms with E-state index in [1.165, 1.54) is 0 Å². The number of nitrogen functional groups attached to an aromatic ring is 1. The molecule has 1 heterocycles. The SMILES string of the molecule is CCCOc1cccc2c1nc(N)n2C(CC)CC. The van der Waals surface area contributed by atoms with Gasteiger partial charge in [0.15, 0.2) is 0 Å². The minimum absolute atomic E-state index is 0.395. The van der Waals surface area contributed by atoms with Crippen molar-refractivity contribution in [2.24, 2.45) is 0 Å². The summed E-state index contributed by atoms with van der Waals surface area (Å²) >= 11 is 0. The first kappa shape index (κ1) is 13.7. The van der Waals surface area contributed by atoms with Crippen LogP contribution in [0.4, 0.5) is 5.95 Å². The largest absolute Gasteiger partial charge is 0.491 e. The molecule has 2 rings (SSSR count). The minimum atomic E-state index is 0.395. The van der Waals surface area contributed by atoms with Crippen LogP contribution in [0.2, 0.25) is 0 Å². The molecule has 0 aliphatic carbocycles. The van der Waals surface area contributed by atoms with Crippen LogP contribution in [0, 0.1) is 0 Å². The van der Waals surface area contributed by atoms with Crippen LogP contribution in [-0.4, -0.2) is 16.2 Å². The maximum atomic E-state index is 6.10. The fourth-order valence-electron chi connectivity index (χ4n) is 2.48. The number of para-hydroxylation sites is 1. The van der Waals surface area contributed by atoms with E-state index in [2.05, 4.69) is 36.4 Å². The zero-order valence-electron chi connectivity index (χ0n) is 12.0. The van der Waals surface area contributed by atoms with Crippen molar-refractivity contribution >= 4 is 17.0 Å². The second-order valence-electron chi connectivity index (χ2n) is 4.78. The molecule has 4 nitrogen and oxygen atoms in total. The summed E-state index contributed by atoms with van der Waals surface area (Å²) in [5.74, 6) is 1.41. The van der Waals surface area contributed by atoms with Gasteiger partial charge in [0.1, 0.15) is 11.3 Å². The minimum Gasteiger partial charge on any atom is -0.491 e. The third kappa shape index (κ3) is 2.53. The second kappa shape index (κ2) is 5.95. The molecule has 1 aromatic heterocycles. The van der Waals surface area contributed by atoms with Crippen molar-refractivity contribution < 1.29 is 4.74 Å². The number of nitrogens with two attached hydrogens (primary N) is 1. The Morgan fingerprint density at radius 2 is 2.00 bits per heavy atom. The molecule has 0 amide bonds. The predicted molar refractivity (Wildman–Crippen MR) is 79.6 cm³/mol. The van der Waals surface area contributed by atoms with Gasteiger partial charge >= 0.3 is 0 Å². The highest BCUT2D eigenvalue weighted by Crippen LogP contribution is 2.31. The van der Waals surface area contributed by atoms with Gasteiger partial charge in [0, 0.05) is 6.04 Å². The first-order valence-corrected chi connectivity index (χ1v) is 7.12. The number of fused-ring (bicyclic) bond motifs is 1. The maximum Gasteiger partial charge on any atom is 0.201 e. The van der Waals surface area contributed by atoms with E-state index in [-0.39, 0.29) is 0 Å². The van der Waals surface area contributed by atoms with Crippen LogP contribution in [0.3, 0.4) is 0 Å². The quantitative estimate of drug-likeness (QED) is 0.861. The Labute approximate surface area is 114 Å². The van der Waals surface area contributed by atoms with E-state index in [1.807, 2.05) is 12.1 Å². The summed E-state index contributed by atoms with van der Waals surface area (Å²) in [6, 6.07) is 6.43. The van der Waals surface area contributed by atoms with Crippen LogP contribution in [-0.2, 0) is 0 Å². The van der Waals surface area contributed by atoms with Crippen molar-refractivity contribution in [3.05, 3.63) is 18.2 Å². The fourth-order valence-corrected chi connectivity index (χ4v) is 2.48. The van der Waals surface area contributed by atoms with Gasteiger partial charge in [-0.1, -0.05) is 26.8 Å². The van der Waals surface area contributed by atoms with Gasteiger partial charge < -0.3 is 15.0 Å². The summed E-state index contributed by atoms with van der Waals surface area (Å²) in [5, 5.41) is 0. The lowest BCUT2D eigenvalue weighted by atomic mass is 10.1. The molecule has 104 valence electrons. The molecule has 0 saturated carbocycles. The molecule has 0 aliphatic heterocycles. The topological polar surface area (TPSA) is 53.1 Å². The lowest BCUT2D eigenvalue weighted by molar-refractivity contribution is 0.320. The highest BCUT2D eigenvalue weighted by molar-refractivity contribution is 5.84. The Morgan fingerprint density at radius 1 is 1.26 bits per heavy atom. The van der Waals surface area contributed by atoms with Gasteiger partial charge in [-0.2, -0.15) is 0 Å². The van der Waals surface area contributed by atoms with Gasteiger partial charge in [0.05, 0.1) is 12.1 Å². The molecule has 0 saturated heterocycles. The van der Waals surface area contributed by atoms with Crippen LogP contribution in [0.1, 0.15) is 46.1 Å². The zero-order valence-corrected chi connectivity index (χ0v) is 12.0. The average molecular weight is 261 g/mol. The molecular formula is C15H23N3O. The number of imidazole rings is 1. The normalized spacial score (nSPS) is 11.4. The lowest BCUT2D eigenvalue weighted by Gasteiger charge is -2.17. The van der Waals surface area contributed by atoms with Gasteiger partial charge in [-0.25, -0.2) is 4.98 Å². The summed E-state index contributed by atoms with van der Waals surface area (Å²) in [5.41, 5.74) is 8.04. The molecule has 19 heavy (non-hydrogen) atoms. The molecule has 4 heteroatoms. The molecule has 0 spiro atoms. The van der Waals surface area contributed by atoms with Gasteiger partial charge in [0.2, 0.25) is 5.95 Å². The smallest absolute Gasteiger partial charge is 0.201 e. The summed E-state index contributed by atoms with van der Waals surface area (Å²) < 4.78 is 7.89. The molecular weight excluding hydrogens is 238 g/mol. The second-order valence-corrected chi connectivity index (χ2v) is 4.78. The summed E-state index contributed by atoms with van der Waals surface area (Å²) in [7, 11) is 0. The fraction of sp³-hybridized carbons (Fsp3) is 0.533. The standard InChI is InChI=1S/C15H23N3O/c1-4-10-19-13-9-7-8-12-14(13)17-15(16)18(12)11(5-2)6-3/h7-9,11H,4-6,10H2,1-3H3,(H2,16,17). The molecule has 0 atom stereocenters. The molecule has 2 aromatic rings. The Kier molecular flexibility index (Phi) is 4.30. The lowest BCUT2D eigenvalue weighted by Crippen LogP contribution is -2.10. The van der Waals surface area contributed by atoms with Gasteiger partial charge in [-0.3, -0.25) is 0 Å². The number of ether oxygens (including phenoxy) is 1. The monoisotopic (exact) mass is 261 g/mol. The van der Waals surface area contributed by atoms with E-state index < -0.39 is 0 Å². The molecule has 0 radical (unpaired) electrons. The van der Waals surface area contributed by atoms with Gasteiger partial charge in [0.25, 0.3) is 0 Å². The van der Waals surface area contributed by atoms with Crippen molar-refractivity contribution in [1.29, 1.82) is 0 Å². The van der Waals surface area contributed by atoms with Crippen LogP contribution < -0.4 is 10.5 Å². The number of anilines is 1. The Bertz CT molecular complexity index is 544. The number of nitrogens with zero attached hydrogens (tertiary/aromatic N) is 2. The van der Waals surface area contributed by atoms with Gasteiger partial charge in [-0.05, 0) is 31.4 Å². The van der Waals surface area contributed by atoms with Crippen molar-refractivity contribution in [2.45, 2.75) is 46.1 Å². The van der Waals surface area contributed by atoms with E-state index in [0.29, 0.717) is 18.6 Å². The molecule has 2 N–H and O–H groups in total. The van der Waals surface area contributed by atoms with Crippen molar-refractivity contribution in [2.75, 3.05) is 12.3 Å². The maximum absolute atomic E-state index is 6.10. The summed E-state index contributed by atoms with van der Waals surface area (Å²) in [4.78, 5) is 4.50. The van der Waals surface area contributed by atoms with E-state index in [9.17, 15) is 0 Å². The van der Waals surface area contributed by atoms with E-state index in [1.54, 1.807) is 0 Å². The number of hydrogen-bond acceptors (Lipinski definition) is 3. The van der Waals surface area contributed by atoms with Crippen LogP contribution >= 0.6 is 0 Å². The first-order chi connectivity index (χ1) is 9.22. The molecule has 0 fully saturated rings. The highest BCUT2D eigenvalue weighted by atomic mass is 16.5. The highest BCUT2D eigenvalue weighted by Gasteiger charge is 2.17. The molecule has 0 bridgehead atoms. The number of hydrogen-bond donors (Lipinski definition) is 1. The third-order valence-corrected chi connectivity index (χ3v) is 3.48. The summed E-state index contributed by atoms with van der Waals surface area (Å²) in [6.45, 7) is 7.15.